The van der Waals surface area contributed by atoms with Gasteiger partial charge in [0.1, 0.15) is 5.82 Å². The van der Waals surface area contributed by atoms with Gasteiger partial charge in [0.2, 0.25) is 5.91 Å². The molecule has 3 aromatic rings. The fraction of sp³-hybridized carbons (Fsp3) is 0.348. The van der Waals surface area contributed by atoms with Crippen LogP contribution in [0.5, 0.6) is 0 Å². The predicted molar refractivity (Wildman–Crippen MR) is 114 cm³/mol. The number of ether oxygens (including phenoxy) is 1. The Labute approximate surface area is 170 Å². The Morgan fingerprint density at radius 2 is 1.97 bits per heavy atom. The second kappa shape index (κ2) is 9.47. The first-order valence-electron chi connectivity index (χ1n) is 9.78. The third kappa shape index (κ3) is 5.29. The summed E-state index contributed by atoms with van der Waals surface area (Å²) < 4.78 is 5.16. The van der Waals surface area contributed by atoms with E-state index < -0.39 is 0 Å². The molecular weight excluding hydrogens is 366 g/mol. The van der Waals surface area contributed by atoms with Gasteiger partial charge in [-0.3, -0.25) is 9.59 Å². The van der Waals surface area contributed by atoms with Crippen LogP contribution in [0.25, 0.3) is 10.9 Å². The minimum absolute atomic E-state index is 0.0119. The zero-order chi connectivity index (χ0) is 20.8. The highest BCUT2D eigenvalue weighted by molar-refractivity contribution is 5.78. The van der Waals surface area contributed by atoms with Crippen molar-refractivity contribution in [3.63, 3.8) is 0 Å². The third-order valence-electron chi connectivity index (χ3n) is 5.03. The van der Waals surface area contributed by atoms with Gasteiger partial charge in [-0.05, 0) is 43.5 Å². The normalized spacial score (nSPS) is 11.0. The number of amides is 1. The number of aromatic amines is 1. The second-order valence-electron chi connectivity index (χ2n) is 7.27. The van der Waals surface area contributed by atoms with Crippen molar-refractivity contribution in [2.45, 2.75) is 33.2 Å². The molecule has 29 heavy (non-hydrogen) atoms. The quantitative estimate of drug-likeness (QED) is 0.638. The van der Waals surface area contributed by atoms with Crippen LogP contribution in [0.15, 0.2) is 47.3 Å². The first kappa shape index (κ1) is 20.7. The third-order valence-corrected chi connectivity index (χ3v) is 5.03. The Bertz CT molecular complexity index is 1060. The van der Waals surface area contributed by atoms with Gasteiger partial charge < -0.3 is 14.6 Å². The first-order valence-corrected chi connectivity index (χ1v) is 9.78. The Hall–Kier alpha value is -2.99. The van der Waals surface area contributed by atoms with Crippen molar-refractivity contribution in [2.75, 3.05) is 20.3 Å². The van der Waals surface area contributed by atoms with Gasteiger partial charge in [0.25, 0.3) is 5.56 Å². The molecule has 1 heterocycles. The average Bonchev–Trinajstić information content (AvgIpc) is 2.70. The average molecular weight is 393 g/mol. The van der Waals surface area contributed by atoms with Crippen molar-refractivity contribution in [3.05, 3.63) is 75.3 Å². The van der Waals surface area contributed by atoms with Crippen molar-refractivity contribution in [1.82, 2.24) is 14.9 Å². The summed E-state index contributed by atoms with van der Waals surface area (Å²) in [6, 6.07) is 13.5. The molecule has 0 fully saturated rings. The van der Waals surface area contributed by atoms with Crippen LogP contribution in [0.3, 0.4) is 0 Å². The van der Waals surface area contributed by atoms with Crippen LogP contribution in [-0.4, -0.2) is 41.0 Å². The van der Waals surface area contributed by atoms with Crippen LogP contribution in [0.1, 0.15) is 28.9 Å². The van der Waals surface area contributed by atoms with Gasteiger partial charge in [0.15, 0.2) is 0 Å². The summed E-state index contributed by atoms with van der Waals surface area (Å²) in [5.74, 6) is 0.488. The van der Waals surface area contributed by atoms with Gasteiger partial charge in [0, 0.05) is 20.1 Å². The zero-order valence-electron chi connectivity index (χ0n) is 17.2. The number of H-pyrrole nitrogens is 1. The van der Waals surface area contributed by atoms with E-state index in [0.29, 0.717) is 42.7 Å². The highest BCUT2D eigenvalue weighted by atomic mass is 16.5. The van der Waals surface area contributed by atoms with Crippen LogP contribution < -0.4 is 5.56 Å². The number of benzene rings is 2. The van der Waals surface area contributed by atoms with E-state index >= 15 is 0 Å². The number of para-hydroxylation sites is 1. The van der Waals surface area contributed by atoms with Crippen LogP contribution in [-0.2, 0) is 22.5 Å². The second-order valence-corrected chi connectivity index (χ2v) is 7.27. The fourth-order valence-corrected chi connectivity index (χ4v) is 3.41. The van der Waals surface area contributed by atoms with E-state index in [1.165, 1.54) is 16.7 Å². The lowest BCUT2D eigenvalue weighted by Crippen LogP contribution is -2.35. The molecule has 0 aliphatic heterocycles. The summed E-state index contributed by atoms with van der Waals surface area (Å²) in [4.78, 5) is 34.2. The molecular formula is C23H27N3O3. The maximum Gasteiger partial charge on any atom is 0.258 e. The molecule has 0 saturated heterocycles. The Morgan fingerprint density at radius 1 is 1.17 bits per heavy atom. The number of nitrogens with one attached hydrogen (secondary N) is 1. The number of nitrogens with zero attached hydrogens (tertiary/aromatic N) is 2. The molecule has 6 nitrogen and oxygen atoms in total. The number of rotatable bonds is 8. The van der Waals surface area contributed by atoms with E-state index in [1.54, 1.807) is 30.2 Å². The van der Waals surface area contributed by atoms with Gasteiger partial charge in [-0.1, -0.05) is 35.9 Å². The predicted octanol–water partition coefficient (Wildman–Crippen LogP) is 3.15. The highest BCUT2D eigenvalue weighted by Gasteiger charge is 2.16. The fourth-order valence-electron chi connectivity index (χ4n) is 3.41. The van der Waals surface area contributed by atoms with Crippen LogP contribution in [0.2, 0.25) is 0 Å². The van der Waals surface area contributed by atoms with E-state index in [2.05, 4.69) is 42.0 Å². The van der Waals surface area contributed by atoms with Crippen LogP contribution in [0, 0.1) is 13.8 Å². The molecule has 0 unspecified atom stereocenters. The minimum Gasteiger partial charge on any atom is -0.383 e. The minimum atomic E-state index is -0.194. The van der Waals surface area contributed by atoms with Gasteiger partial charge in [-0.2, -0.15) is 0 Å². The monoisotopic (exact) mass is 393 g/mol. The highest BCUT2D eigenvalue weighted by Crippen LogP contribution is 2.14. The number of carbonyl (C=O) groups excluding carboxylic acids is 1. The molecule has 6 heteroatoms. The number of aryl methyl sites for hydroxylation is 3. The topological polar surface area (TPSA) is 75.3 Å². The largest absolute Gasteiger partial charge is 0.383 e. The van der Waals surface area contributed by atoms with E-state index in [4.69, 9.17) is 4.74 Å². The van der Waals surface area contributed by atoms with Crippen LogP contribution in [0.4, 0.5) is 0 Å². The molecule has 0 spiro atoms. The lowest BCUT2D eigenvalue weighted by atomic mass is 10.0. The Morgan fingerprint density at radius 3 is 2.72 bits per heavy atom. The van der Waals surface area contributed by atoms with Crippen molar-refractivity contribution >= 4 is 16.8 Å². The molecule has 3 rings (SSSR count). The molecule has 0 radical (unpaired) electrons. The van der Waals surface area contributed by atoms with Gasteiger partial charge >= 0.3 is 0 Å². The maximum absolute atomic E-state index is 12.9. The van der Waals surface area contributed by atoms with Crippen molar-refractivity contribution in [3.8, 4) is 0 Å². The summed E-state index contributed by atoms with van der Waals surface area (Å²) in [6.45, 7) is 5.24. The van der Waals surface area contributed by atoms with Crippen LogP contribution >= 0.6 is 0 Å². The van der Waals surface area contributed by atoms with Crippen molar-refractivity contribution < 1.29 is 9.53 Å². The number of aromatic nitrogens is 2. The number of methoxy groups -OCH3 is 1. The molecule has 2 aromatic carbocycles. The molecule has 0 bridgehead atoms. The lowest BCUT2D eigenvalue weighted by molar-refractivity contribution is -0.132. The molecule has 0 saturated carbocycles. The van der Waals surface area contributed by atoms with E-state index in [-0.39, 0.29) is 18.0 Å². The molecule has 152 valence electrons. The lowest BCUT2D eigenvalue weighted by Gasteiger charge is -2.22. The zero-order valence-corrected chi connectivity index (χ0v) is 17.2. The summed E-state index contributed by atoms with van der Waals surface area (Å²) in [7, 11) is 1.61. The van der Waals surface area contributed by atoms with E-state index in [1.807, 2.05) is 6.07 Å². The Kier molecular flexibility index (Phi) is 6.77. The first-order chi connectivity index (χ1) is 14.0. The maximum atomic E-state index is 12.9. The summed E-state index contributed by atoms with van der Waals surface area (Å²) in [5, 5.41) is 0.542. The Balaban J connectivity index is 1.75. The van der Waals surface area contributed by atoms with Crippen molar-refractivity contribution in [1.29, 1.82) is 0 Å². The molecule has 0 atom stereocenters. The molecule has 0 aliphatic carbocycles. The molecule has 1 N–H and O–H groups in total. The number of fused-ring (bicyclic) bond motifs is 1. The van der Waals surface area contributed by atoms with E-state index in [0.717, 1.165) is 0 Å². The van der Waals surface area contributed by atoms with Gasteiger partial charge in [0.05, 0.1) is 24.1 Å². The summed E-state index contributed by atoms with van der Waals surface area (Å²) >= 11 is 0. The van der Waals surface area contributed by atoms with E-state index in [9.17, 15) is 9.59 Å². The standard InChI is InChI=1S/C23H27N3O3/c1-16-8-9-18(17(2)14-16)10-11-22(27)26(12-13-29-3)15-21-24-20-7-5-4-6-19(20)23(28)25-21/h4-9,14H,10-13,15H2,1-3H3,(H,24,25,28). The SMILES string of the molecule is COCCN(Cc1nc2ccccc2c(=O)[nH]1)C(=O)CCc1ccc(C)cc1C. The molecule has 1 aromatic heterocycles. The number of carbonyl (C=O) groups is 1. The van der Waals surface area contributed by atoms with Gasteiger partial charge in [-0.15, -0.1) is 0 Å². The summed E-state index contributed by atoms with van der Waals surface area (Å²) in [6.07, 6.45) is 1.07. The number of hydrogen-bond donors (Lipinski definition) is 1. The van der Waals surface area contributed by atoms with Crippen molar-refractivity contribution in [2.24, 2.45) is 0 Å². The summed E-state index contributed by atoms with van der Waals surface area (Å²) in [5.41, 5.74) is 4.01. The smallest absolute Gasteiger partial charge is 0.258 e. The molecule has 0 aliphatic rings. The molecule has 1 amide bonds. The van der Waals surface area contributed by atoms with Gasteiger partial charge in [-0.25, -0.2) is 4.98 Å². The number of hydrogen-bond acceptors (Lipinski definition) is 4.